The summed E-state index contributed by atoms with van der Waals surface area (Å²) in [6.45, 7) is 0. The first-order chi connectivity index (χ1) is 12.6. The van der Waals surface area contributed by atoms with Crippen molar-refractivity contribution >= 4 is 32.7 Å². The molecule has 2 heterocycles. The summed E-state index contributed by atoms with van der Waals surface area (Å²) >= 11 is 0. The summed E-state index contributed by atoms with van der Waals surface area (Å²) < 4.78 is 7.46. The minimum atomic E-state index is -0.292. The maximum atomic E-state index is 12.5. The van der Waals surface area contributed by atoms with Crippen LogP contribution in [0.25, 0.3) is 38.4 Å². The minimum absolute atomic E-state index is 0.0987. The topological polar surface area (TPSA) is 75.6 Å². The van der Waals surface area contributed by atoms with Crippen molar-refractivity contribution < 1.29 is 14.6 Å². The van der Waals surface area contributed by atoms with Crippen LogP contribution in [0.15, 0.2) is 76.1 Å². The molecule has 0 unspecified atom stereocenters. The van der Waals surface area contributed by atoms with Crippen LogP contribution in [0.5, 0.6) is 11.6 Å². The Morgan fingerprint density at radius 3 is 2.38 bits per heavy atom. The number of phenolic OH excluding ortho intramolecular Hbond substituents is 1. The van der Waals surface area contributed by atoms with Gasteiger partial charge >= 0.3 is 0 Å². The molecule has 26 heavy (non-hydrogen) atoms. The van der Waals surface area contributed by atoms with E-state index >= 15 is 0 Å². The van der Waals surface area contributed by atoms with Gasteiger partial charge in [-0.05, 0) is 42.5 Å². The third-order valence-corrected chi connectivity index (χ3v) is 4.62. The van der Waals surface area contributed by atoms with Crippen LogP contribution >= 0.6 is 0 Å². The highest BCUT2D eigenvalue weighted by Crippen LogP contribution is 2.37. The van der Waals surface area contributed by atoms with Gasteiger partial charge in [-0.2, -0.15) is 0 Å². The minimum Gasteiger partial charge on any atom is -0.508 e. The molecule has 2 aromatic heterocycles. The lowest BCUT2D eigenvalue weighted by atomic mass is 10.0. The number of aromatic hydroxyl groups is 2. The Balaban J connectivity index is 2.09. The average Bonchev–Trinajstić information content (AvgIpc) is 2.66. The molecule has 0 saturated heterocycles. The standard InChI is InChI=1S/C21H13NO4/c23-13-6-8-17-14(10-13)15-11-22(12-4-2-1-3-5-12)21(25)20-16(24)7-9-18(26-17)19(15)20/h1-11,23,25H. The first-order valence-corrected chi connectivity index (χ1v) is 8.11. The summed E-state index contributed by atoms with van der Waals surface area (Å²) in [5, 5.41) is 22.8. The molecule has 0 spiro atoms. The third-order valence-electron chi connectivity index (χ3n) is 4.62. The number of aromatic nitrogens is 1. The van der Waals surface area contributed by atoms with Crippen LogP contribution < -0.4 is 5.43 Å². The number of fused-ring (bicyclic) bond motifs is 2. The Hall–Kier alpha value is -3.73. The molecule has 0 bridgehead atoms. The molecule has 0 aliphatic carbocycles. The Morgan fingerprint density at radius 2 is 1.58 bits per heavy atom. The van der Waals surface area contributed by atoms with Crippen molar-refractivity contribution in [1.82, 2.24) is 4.57 Å². The van der Waals surface area contributed by atoms with Gasteiger partial charge in [0.05, 0.1) is 5.39 Å². The lowest BCUT2D eigenvalue weighted by Gasteiger charge is -2.15. The summed E-state index contributed by atoms with van der Waals surface area (Å²) in [6, 6.07) is 17.1. The number of rotatable bonds is 1. The van der Waals surface area contributed by atoms with Gasteiger partial charge < -0.3 is 14.6 Å². The van der Waals surface area contributed by atoms with E-state index in [1.54, 1.807) is 35.0 Å². The van der Waals surface area contributed by atoms with Crippen LogP contribution in [0.1, 0.15) is 0 Å². The van der Waals surface area contributed by atoms with Gasteiger partial charge in [0.1, 0.15) is 16.9 Å². The molecular weight excluding hydrogens is 330 g/mol. The number of phenols is 1. The van der Waals surface area contributed by atoms with E-state index in [0.29, 0.717) is 27.3 Å². The van der Waals surface area contributed by atoms with E-state index in [2.05, 4.69) is 0 Å². The van der Waals surface area contributed by atoms with Crippen LogP contribution in [-0.4, -0.2) is 14.8 Å². The van der Waals surface area contributed by atoms with Crippen molar-refractivity contribution in [3.05, 3.63) is 77.1 Å². The number of hydrogen-bond acceptors (Lipinski definition) is 4. The first-order valence-electron chi connectivity index (χ1n) is 8.11. The summed E-state index contributed by atoms with van der Waals surface area (Å²) in [6.07, 6.45) is 1.76. The van der Waals surface area contributed by atoms with Gasteiger partial charge in [0.15, 0.2) is 5.43 Å². The number of pyridine rings is 1. The van der Waals surface area contributed by atoms with Crippen LogP contribution in [0.4, 0.5) is 0 Å². The van der Waals surface area contributed by atoms with Crippen molar-refractivity contribution in [3.63, 3.8) is 0 Å². The fourth-order valence-corrected chi connectivity index (χ4v) is 3.44. The number of nitrogens with zero attached hydrogens (tertiary/aromatic N) is 1. The molecule has 5 aromatic rings. The van der Waals surface area contributed by atoms with Gasteiger partial charge in [-0.25, -0.2) is 0 Å². The van der Waals surface area contributed by atoms with E-state index < -0.39 is 0 Å². The fraction of sp³-hybridized carbons (Fsp3) is 0. The highest BCUT2D eigenvalue weighted by Gasteiger charge is 2.18. The lowest BCUT2D eigenvalue weighted by Crippen LogP contribution is -2.05. The highest BCUT2D eigenvalue weighted by molar-refractivity contribution is 6.18. The largest absolute Gasteiger partial charge is 0.508 e. The zero-order chi connectivity index (χ0) is 17.8. The molecule has 3 aromatic carbocycles. The number of para-hydroxylation sites is 1. The average molecular weight is 343 g/mol. The van der Waals surface area contributed by atoms with Gasteiger partial charge in [0, 0.05) is 28.0 Å². The highest BCUT2D eigenvalue weighted by atomic mass is 16.3. The second kappa shape index (κ2) is 5.13. The SMILES string of the molecule is O=c1ccc2oc3ccc(O)cc3c3cn(-c4ccccc4)c(O)c1c23. The zero-order valence-corrected chi connectivity index (χ0v) is 13.5. The molecule has 2 N–H and O–H groups in total. The quantitative estimate of drug-likeness (QED) is 0.351. The second-order valence-electron chi connectivity index (χ2n) is 6.17. The molecule has 5 nitrogen and oxygen atoms in total. The van der Waals surface area contributed by atoms with Crippen LogP contribution in [0.2, 0.25) is 0 Å². The normalized spacial score (nSPS) is 11.5. The molecule has 0 aliphatic heterocycles. The monoisotopic (exact) mass is 343 g/mol. The predicted octanol–water partition coefficient (Wildman–Crippen LogP) is 4.30. The Labute approximate surface area is 147 Å². The molecule has 0 radical (unpaired) electrons. The molecule has 5 heteroatoms. The molecule has 0 aliphatic rings. The maximum Gasteiger partial charge on any atom is 0.207 e. The summed E-state index contributed by atoms with van der Waals surface area (Å²) in [7, 11) is 0. The van der Waals surface area contributed by atoms with Crippen LogP contribution in [0, 0.1) is 0 Å². The van der Waals surface area contributed by atoms with Gasteiger partial charge in [-0.3, -0.25) is 9.36 Å². The van der Waals surface area contributed by atoms with E-state index in [1.165, 1.54) is 6.07 Å². The van der Waals surface area contributed by atoms with E-state index in [0.717, 1.165) is 5.69 Å². The molecule has 5 rings (SSSR count). The van der Waals surface area contributed by atoms with Crippen molar-refractivity contribution in [2.75, 3.05) is 0 Å². The van der Waals surface area contributed by atoms with Gasteiger partial charge in [-0.15, -0.1) is 0 Å². The van der Waals surface area contributed by atoms with E-state index in [4.69, 9.17) is 4.42 Å². The van der Waals surface area contributed by atoms with E-state index in [-0.39, 0.29) is 22.4 Å². The van der Waals surface area contributed by atoms with Gasteiger partial charge in [-0.1, -0.05) is 18.2 Å². The number of hydrogen-bond donors (Lipinski definition) is 2. The van der Waals surface area contributed by atoms with Gasteiger partial charge in [0.2, 0.25) is 5.88 Å². The van der Waals surface area contributed by atoms with Gasteiger partial charge in [0.25, 0.3) is 0 Å². The number of benzene rings is 3. The van der Waals surface area contributed by atoms with Crippen molar-refractivity contribution in [3.8, 4) is 17.3 Å². The van der Waals surface area contributed by atoms with E-state index in [9.17, 15) is 15.0 Å². The van der Waals surface area contributed by atoms with Crippen LogP contribution in [0.3, 0.4) is 0 Å². The second-order valence-corrected chi connectivity index (χ2v) is 6.17. The van der Waals surface area contributed by atoms with Crippen LogP contribution in [-0.2, 0) is 0 Å². The fourth-order valence-electron chi connectivity index (χ4n) is 3.44. The Kier molecular flexibility index (Phi) is 2.88. The molecule has 0 saturated carbocycles. The third kappa shape index (κ3) is 1.94. The molecule has 0 fully saturated rings. The summed E-state index contributed by atoms with van der Waals surface area (Å²) in [5.41, 5.74) is 1.52. The molecule has 126 valence electrons. The first kappa shape index (κ1) is 14.6. The van der Waals surface area contributed by atoms with E-state index in [1.807, 2.05) is 30.3 Å². The Morgan fingerprint density at radius 1 is 0.808 bits per heavy atom. The van der Waals surface area contributed by atoms with Crippen molar-refractivity contribution in [1.29, 1.82) is 0 Å². The maximum absolute atomic E-state index is 12.5. The Bertz CT molecular complexity index is 1360. The lowest BCUT2D eigenvalue weighted by molar-refractivity contribution is 0.445. The smallest absolute Gasteiger partial charge is 0.207 e. The predicted molar refractivity (Wildman–Crippen MR) is 100 cm³/mol. The molecule has 0 amide bonds. The molecular formula is C21H13NO4. The summed E-state index contributed by atoms with van der Waals surface area (Å²) in [5.74, 6) is -0.0458. The van der Waals surface area contributed by atoms with Crippen molar-refractivity contribution in [2.45, 2.75) is 0 Å². The van der Waals surface area contributed by atoms with Crippen molar-refractivity contribution in [2.24, 2.45) is 0 Å². The zero-order valence-electron chi connectivity index (χ0n) is 13.5. The summed E-state index contributed by atoms with van der Waals surface area (Å²) in [4.78, 5) is 12.5. The molecule has 0 atom stereocenters.